The zero-order valence-corrected chi connectivity index (χ0v) is 17.4. The standard InChI is InChI=1S/C29H24F2/c1-21(24-5-3-2-4-6-24)19-23-10-14-27(29(31)20-23)13-9-22-7-11-25(12-8-22)26-15-17-28(30)18-16-26/h2-18,20-21H,19H2,1H3/t21-/m1/s1. The van der Waals surface area contributed by atoms with Crippen LogP contribution in [0.15, 0.2) is 97.1 Å². The van der Waals surface area contributed by atoms with E-state index in [1.807, 2.05) is 60.7 Å². The normalized spacial score (nSPS) is 12.2. The van der Waals surface area contributed by atoms with E-state index in [1.165, 1.54) is 17.7 Å². The summed E-state index contributed by atoms with van der Waals surface area (Å²) in [7, 11) is 0. The molecule has 0 aliphatic heterocycles. The van der Waals surface area contributed by atoms with Crippen molar-refractivity contribution < 1.29 is 8.78 Å². The molecule has 0 fully saturated rings. The van der Waals surface area contributed by atoms with Crippen LogP contribution in [0.3, 0.4) is 0 Å². The minimum Gasteiger partial charge on any atom is -0.207 e. The fourth-order valence-electron chi connectivity index (χ4n) is 3.70. The highest BCUT2D eigenvalue weighted by atomic mass is 19.1. The highest BCUT2D eigenvalue weighted by Gasteiger charge is 2.08. The molecule has 0 radical (unpaired) electrons. The minimum atomic E-state index is -0.245. The molecule has 0 aliphatic carbocycles. The van der Waals surface area contributed by atoms with Gasteiger partial charge in [-0.2, -0.15) is 0 Å². The van der Waals surface area contributed by atoms with Crippen molar-refractivity contribution in [2.75, 3.05) is 0 Å². The number of hydrogen-bond acceptors (Lipinski definition) is 0. The fourth-order valence-corrected chi connectivity index (χ4v) is 3.70. The van der Waals surface area contributed by atoms with Crippen molar-refractivity contribution in [1.29, 1.82) is 0 Å². The molecule has 0 unspecified atom stereocenters. The van der Waals surface area contributed by atoms with Gasteiger partial charge >= 0.3 is 0 Å². The van der Waals surface area contributed by atoms with Gasteiger partial charge in [0.25, 0.3) is 0 Å². The van der Waals surface area contributed by atoms with E-state index in [0.717, 1.165) is 28.7 Å². The second kappa shape index (κ2) is 9.53. The van der Waals surface area contributed by atoms with Gasteiger partial charge in [0.05, 0.1) is 0 Å². The fraction of sp³-hybridized carbons (Fsp3) is 0.103. The lowest BCUT2D eigenvalue weighted by atomic mass is 9.93. The van der Waals surface area contributed by atoms with Crippen molar-refractivity contribution in [2.24, 2.45) is 0 Å². The van der Waals surface area contributed by atoms with E-state index >= 15 is 0 Å². The van der Waals surface area contributed by atoms with Crippen molar-refractivity contribution >= 4 is 12.2 Å². The SMILES string of the molecule is C[C@H](Cc1ccc(C=Cc2ccc(-c3ccc(F)cc3)cc2)c(F)c1)c1ccccc1. The van der Waals surface area contributed by atoms with E-state index in [1.54, 1.807) is 24.3 Å². The lowest BCUT2D eigenvalue weighted by Gasteiger charge is -2.12. The van der Waals surface area contributed by atoms with Crippen molar-refractivity contribution in [3.05, 3.63) is 131 Å². The molecule has 0 heterocycles. The molecule has 0 spiro atoms. The van der Waals surface area contributed by atoms with Crippen molar-refractivity contribution in [3.8, 4) is 11.1 Å². The molecule has 0 saturated carbocycles. The molecular formula is C29H24F2. The summed E-state index contributed by atoms with van der Waals surface area (Å²) in [6.07, 6.45) is 4.50. The van der Waals surface area contributed by atoms with Crippen molar-refractivity contribution in [2.45, 2.75) is 19.3 Å². The summed E-state index contributed by atoms with van der Waals surface area (Å²) in [6.45, 7) is 2.16. The first kappa shape index (κ1) is 20.7. The van der Waals surface area contributed by atoms with E-state index in [2.05, 4.69) is 19.1 Å². The van der Waals surface area contributed by atoms with Gasteiger partial charge in [-0.3, -0.25) is 0 Å². The molecule has 0 aliphatic rings. The maximum atomic E-state index is 14.6. The first-order chi connectivity index (χ1) is 15.1. The predicted molar refractivity (Wildman–Crippen MR) is 126 cm³/mol. The molecule has 0 nitrogen and oxygen atoms in total. The second-order valence-electron chi connectivity index (χ2n) is 7.83. The third-order valence-corrected chi connectivity index (χ3v) is 5.52. The minimum absolute atomic E-state index is 0.211. The Bertz CT molecular complexity index is 1160. The number of halogens is 2. The van der Waals surface area contributed by atoms with Gasteiger partial charge in [-0.25, -0.2) is 8.78 Å². The van der Waals surface area contributed by atoms with E-state index in [9.17, 15) is 8.78 Å². The van der Waals surface area contributed by atoms with Crippen LogP contribution < -0.4 is 0 Å². The van der Waals surface area contributed by atoms with Crippen LogP contribution in [-0.4, -0.2) is 0 Å². The summed E-state index contributed by atoms with van der Waals surface area (Å²) in [4.78, 5) is 0. The molecule has 0 aromatic heterocycles. The molecule has 4 rings (SSSR count). The molecule has 0 N–H and O–H groups in total. The smallest absolute Gasteiger partial charge is 0.130 e. The van der Waals surface area contributed by atoms with Crippen molar-refractivity contribution in [3.63, 3.8) is 0 Å². The Morgan fingerprint density at radius 2 is 1.35 bits per heavy atom. The molecule has 31 heavy (non-hydrogen) atoms. The quantitative estimate of drug-likeness (QED) is 0.281. The molecule has 154 valence electrons. The first-order valence-corrected chi connectivity index (χ1v) is 10.5. The van der Waals surface area contributed by atoms with E-state index < -0.39 is 0 Å². The van der Waals surface area contributed by atoms with Crippen LogP contribution >= 0.6 is 0 Å². The highest BCUT2D eigenvalue weighted by Crippen LogP contribution is 2.23. The van der Waals surface area contributed by atoms with E-state index in [0.29, 0.717) is 11.5 Å². The van der Waals surface area contributed by atoms with E-state index in [-0.39, 0.29) is 11.6 Å². The van der Waals surface area contributed by atoms with Gasteiger partial charge in [0.1, 0.15) is 11.6 Å². The Morgan fingerprint density at radius 1 is 0.710 bits per heavy atom. The molecule has 0 saturated heterocycles. The van der Waals surface area contributed by atoms with Crippen LogP contribution in [0.2, 0.25) is 0 Å². The third-order valence-electron chi connectivity index (χ3n) is 5.52. The van der Waals surface area contributed by atoms with Crippen molar-refractivity contribution in [1.82, 2.24) is 0 Å². The summed E-state index contributed by atoms with van der Waals surface area (Å²) in [6, 6.07) is 30.1. The van der Waals surface area contributed by atoms with Gasteiger partial charge in [-0.1, -0.05) is 97.9 Å². The van der Waals surface area contributed by atoms with Gasteiger partial charge in [-0.05, 0) is 58.4 Å². The largest absolute Gasteiger partial charge is 0.207 e. The summed E-state index contributed by atoms with van der Waals surface area (Å²) in [5.74, 6) is -0.121. The summed E-state index contributed by atoms with van der Waals surface area (Å²) in [5, 5.41) is 0. The Hall–Kier alpha value is -3.52. The lowest BCUT2D eigenvalue weighted by molar-refractivity contribution is 0.620. The molecule has 4 aromatic rings. The maximum absolute atomic E-state index is 14.6. The average molecular weight is 411 g/mol. The van der Waals surface area contributed by atoms with Crippen LogP contribution in [-0.2, 0) is 6.42 Å². The molecule has 0 amide bonds. The first-order valence-electron chi connectivity index (χ1n) is 10.5. The van der Waals surface area contributed by atoms with Crippen LogP contribution in [0.5, 0.6) is 0 Å². The summed E-state index contributed by atoms with van der Waals surface area (Å²) >= 11 is 0. The van der Waals surface area contributed by atoms with Gasteiger partial charge in [0, 0.05) is 5.56 Å². The summed E-state index contributed by atoms with van der Waals surface area (Å²) < 4.78 is 27.7. The maximum Gasteiger partial charge on any atom is 0.130 e. The Balaban J connectivity index is 1.43. The zero-order valence-electron chi connectivity index (χ0n) is 17.4. The highest BCUT2D eigenvalue weighted by molar-refractivity contribution is 5.72. The summed E-state index contributed by atoms with van der Waals surface area (Å²) in [5.41, 5.74) is 5.78. The van der Waals surface area contributed by atoms with Gasteiger partial charge in [-0.15, -0.1) is 0 Å². The Morgan fingerprint density at radius 3 is 2.00 bits per heavy atom. The molecule has 4 aromatic carbocycles. The van der Waals surface area contributed by atoms with Gasteiger partial charge in [0.15, 0.2) is 0 Å². The molecule has 1 atom stereocenters. The third kappa shape index (κ3) is 5.35. The number of benzene rings is 4. The van der Waals surface area contributed by atoms with Crippen LogP contribution in [0, 0.1) is 11.6 Å². The van der Waals surface area contributed by atoms with E-state index in [4.69, 9.17) is 0 Å². The molecular weight excluding hydrogens is 386 g/mol. The number of hydrogen-bond donors (Lipinski definition) is 0. The average Bonchev–Trinajstić information content (AvgIpc) is 2.80. The Kier molecular flexibility index (Phi) is 6.37. The molecule has 0 bridgehead atoms. The van der Waals surface area contributed by atoms with Crippen LogP contribution in [0.4, 0.5) is 8.78 Å². The zero-order chi connectivity index (χ0) is 21.6. The topological polar surface area (TPSA) is 0 Å². The monoisotopic (exact) mass is 410 g/mol. The van der Waals surface area contributed by atoms with Gasteiger partial charge in [0.2, 0.25) is 0 Å². The second-order valence-corrected chi connectivity index (χ2v) is 7.83. The predicted octanol–water partition coefficient (Wildman–Crippen LogP) is 8.15. The lowest BCUT2D eigenvalue weighted by Crippen LogP contribution is -1.99. The van der Waals surface area contributed by atoms with Crippen LogP contribution in [0.25, 0.3) is 23.3 Å². The number of rotatable bonds is 6. The van der Waals surface area contributed by atoms with Crippen LogP contribution in [0.1, 0.15) is 35.1 Å². The Labute approximate surface area is 182 Å². The molecule has 2 heteroatoms. The van der Waals surface area contributed by atoms with Gasteiger partial charge < -0.3 is 0 Å².